The fourth-order valence-electron chi connectivity index (χ4n) is 3.38. The van der Waals surface area contributed by atoms with E-state index in [0.29, 0.717) is 17.9 Å². The van der Waals surface area contributed by atoms with Gasteiger partial charge in [-0.15, -0.1) is 5.73 Å². The minimum atomic E-state index is 0.438. The van der Waals surface area contributed by atoms with E-state index in [-0.39, 0.29) is 0 Å². The van der Waals surface area contributed by atoms with E-state index in [2.05, 4.69) is 55.2 Å². The van der Waals surface area contributed by atoms with Crippen LogP contribution in [0.15, 0.2) is 65.6 Å². The smallest absolute Gasteiger partial charge is 0.119 e. The molecule has 0 spiro atoms. The number of anilines is 1. The Bertz CT molecular complexity index is 677. The van der Waals surface area contributed by atoms with Gasteiger partial charge in [0.15, 0.2) is 0 Å². The van der Waals surface area contributed by atoms with Gasteiger partial charge >= 0.3 is 0 Å². The molecule has 3 rings (SSSR count). The summed E-state index contributed by atoms with van der Waals surface area (Å²) >= 11 is 0. The maximum atomic E-state index is 5.29. The monoisotopic (exact) mass is 293 g/mol. The molecule has 1 aromatic carbocycles. The number of benzene rings is 1. The Hall–Kier alpha value is -2.18. The summed E-state index contributed by atoms with van der Waals surface area (Å²) in [4.78, 5) is 0. The van der Waals surface area contributed by atoms with Gasteiger partial charge in [-0.05, 0) is 66.7 Å². The summed E-state index contributed by atoms with van der Waals surface area (Å²) in [7, 11) is 1.70. The molecule has 1 aromatic rings. The first-order chi connectivity index (χ1) is 10.7. The Balaban J connectivity index is 1.82. The van der Waals surface area contributed by atoms with Crippen molar-refractivity contribution >= 4 is 5.69 Å². The zero-order chi connectivity index (χ0) is 15.5. The fourth-order valence-corrected chi connectivity index (χ4v) is 3.38. The van der Waals surface area contributed by atoms with Crippen LogP contribution < -0.4 is 5.32 Å². The van der Waals surface area contributed by atoms with Gasteiger partial charge in [-0.1, -0.05) is 25.1 Å². The molecule has 2 heteroatoms. The minimum Gasteiger partial charge on any atom is -0.497 e. The van der Waals surface area contributed by atoms with Crippen molar-refractivity contribution in [2.75, 3.05) is 12.4 Å². The molecule has 2 nitrogen and oxygen atoms in total. The van der Waals surface area contributed by atoms with Gasteiger partial charge in [0, 0.05) is 11.7 Å². The van der Waals surface area contributed by atoms with Crippen LogP contribution in [-0.4, -0.2) is 13.2 Å². The topological polar surface area (TPSA) is 21.3 Å². The number of hydrogen-bond acceptors (Lipinski definition) is 2. The molecule has 0 saturated carbocycles. The molecule has 114 valence electrons. The number of allylic oxidation sites excluding steroid dienone is 4. The third kappa shape index (κ3) is 2.88. The van der Waals surface area contributed by atoms with Crippen LogP contribution >= 0.6 is 0 Å². The van der Waals surface area contributed by atoms with Crippen LogP contribution in [0.2, 0.25) is 0 Å². The largest absolute Gasteiger partial charge is 0.497 e. The lowest BCUT2D eigenvalue weighted by atomic mass is 9.76. The molecule has 1 aliphatic heterocycles. The second kappa shape index (κ2) is 6.29. The highest BCUT2D eigenvalue weighted by atomic mass is 16.5. The van der Waals surface area contributed by atoms with Crippen molar-refractivity contribution in [2.45, 2.75) is 26.3 Å². The molecular weight excluding hydrogens is 270 g/mol. The first kappa shape index (κ1) is 14.7. The molecule has 2 aliphatic rings. The molecule has 3 atom stereocenters. The Kier molecular flexibility index (Phi) is 4.22. The molecule has 0 radical (unpaired) electrons. The first-order valence-corrected chi connectivity index (χ1v) is 7.92. The van der Waals surface area contributed by atoms with Gasteiger partial charge < -0.3 is 10.1 Å². The third-order valence-corrected chi connectivity index (χ3v) is 4.79. The van der Waals surface area contributed by atoms with Crippen molar-refractivity contribution in [2.24, 2.45) is 11.8 Å². The highest BCUT2D eigenvalue weighted by Gasteiger charge is 2.30. The molecule has 1 heterocycles. The number of ether oxygens (including phenoxy) is 1. The highest BCUT2D eigenvalue weighted by molar-refractivity contribution is 5.54. The molecule has 0 saturated heterocycles. The van der Waals surface area contributed by atoms with E-state index in [1.807, 2.05) is 18.2 Å². The number of fused-ring (bicyclic) bond motifs is 1. The maximum Gasteiger partial charge on any atom is 0.119 e. The molecule has 0 fully saturated rings. The van der Waals surface area contributed by atoms with E-state index in [0.717, 1.165) is 12.2 Å². The average molecular weight is 293 g/mol. The van der Waals surface area contributed by atoms with E-state index in [4.69, 9.17) is 4.74 Å². The number of rotatable bonds is 3. The van der Waals surface area contributed by atoms with Gasteiger partial charge in [0.25, 0.3) is 0 Å². The summed E-state index contributed by atoms with van der Waals surface area (Å²) in [6.45, 7) is 4.58. The molecular formula is C20H23NO. The number of hydrogen-bond donors (Lipinski definition) is 1. The summed E-state index contributed by atoms with van der Waals surface area (Å²) in [5.41, 5.74) is 7.34. The lowest BCUT2D eigenvalue weighted by Gasteiger charge is -2.36. The van der Waals surface area contributed by atoms with Crippen molar-refractivity contribution in [1.29, 1.82) is 0 Å². The van der Waals surface area contributed by atoms with Gasteiger partial charge in [0.2, 0.25) is 0 Å². The van der Waals surface area contributed by atoms with E-state index >= 15 is 0 Å². The second-order valence-electron chi connectivity index (χ2n) is 6.12. The van der Waals surface area contributed by atoms with Crippen LogP contribution in [0, 0.1) is 11.8 Å². The Labute approximate surface area is 132 Å². The predicted octanol–water partition coefficient (Wildman–Crippen LogP) is 4.48. The SMILES string of the molecule is COC1=CC=C=C(C(C)C2Cc3ccccc3NC2C)C=C1. The Morgan fingerprint density at radius 1 is 1.27 bits per heavy atom. The number of nitrogens with one attached hydrogen (secondary N) is 1. The normalized spacial score (nSPS) is 24.5. The van der Waals surface area contributed by atoms with Crippen molar-refractivity contribution in [1.82, 2.24) is 0 Å². The summed E-state index contributed by atoms with van der Waals surface area (Å²) in [6, 6.07) is 9.07. The fraction of sp³-hybridized carbons (Fsp3) is 0.350. The standard InChI is InChI=1S/C20H23NO/c1-14(16-8-6-9-18(22-3)12-11-16)19-13-17-7-4-5-10-20(17)21-15(19)2/h4-7,9-12,14-15,19,21H,13H2,1-3H3. The van der Waals surface area contributed by atoms with E-state index in [1.165, 1.54) is 16.8 Å². The molecule has 0 aromatic heterocycles. The van der Waals surface area contributed by atoms with Gasteiger partial charge in [0.05, 0.1) is 7.11 Å². The summed E-state index contributed by atoms with van der Waals surface area (Å²) < 4.78 is 5.29. The van der Waals surface area contributed by atoms with Crippen LogP contribution in [0.1, 0.15) is 19.4 Å². The van der Waals surface area contributed by atoms with Gasteiger partial charge in [-0.25, -0.2) is 0 Å². The molecule has 1 N–H and O–H groups in total. The number of para-hydroxylation sites is 1. The zero-order valence-electron chi connectivity index (χ0n) is 13.5. The maximum absolute atomic E-state index is 5.29. The summed E-state index contributed by atoms with van der Waals surface area (Å²) in [5.74, 6) is 1.86. The molecule has 0 amide bonds. The minimum absolute atomic E-state index is 0.438. The van der Waals surface area contributed by atoms with Crippen molar-refractivity contribution in [3.05, 3.63) is 71.2 Å². The van der Waals surface area contributed by atoms with Crippen LogP contribution in [0.3, 0.4) is 0 Å². The first-order valence-electron chi connectivity index (χ1n) is 7.92. The lowest BCUT2D eigenvalue weighted by Crippen LogP contribution is -2.36. The van der Waals surface area contributed by atoms with Gasteiger partial charge in [-0.2, -0.15) is 0 Å². The predicted molar refractivity (Wildman–Crippen MR) is 91.7 cm³/mol. The Morgan fingerprint density at radius 3 is 2.91 bits per heavy atom. The lowest BCUT2D eigenvalue weighted by molar-refractivity contribution is 0.307. The van der Waals surface area contributed by atoms with Crippen molar-refractivity contribution in [3.8, 4) is 0 Å². The zero-order valence-corrected chi connectivity index (χ0v) is 13.5. The van der Waals surface area contributed by atoms with Crippen LogP contribution in [-0.2, 0) is 11.2 Å². The van der Waals surface area contributed by atoms with Crippen molar-refractivity contribution in [3.63, 3.8) is 0 Å². The highest BCUT2D eigenvalue weighted by Crippen LogP contribution is 2.35. The molecule has 3 unspecified atom stereocenters. The van der Waals surface area contributed by atoms with Gasteiger partial charge in [-0.3, -0.25) is 0 Å². The van der Waals surface area contributed by atoms with Crippen LogP contribution in [0.5, 0.6) is 0 Å². The van der Waals surface area contributed by atoms with Crippen LogP contribution in [0.25, 0.3) is 0 Å². The average Bonchev–Trinajstić information content (AvgIpc) is 2.79. The van der Waals surface area contributed by atoms with E-state index in [9.17, 15) is 0 Å². The second-order valence-corrected chi connectivity index (χ2v) is 6.12. The number of methoxy groups -OCH3 is 1. The summed E-state index contributed by atoms with van der Waals surface area (Å²) in [6.07, 6.45) is 9.18. The molecule has 1 aliphatic carbocycles. The van der Waals surface area contributed by atoms with Crippen molar-refractivity contribution < 1.29 is 4.74 Å². The Morgan fingerprint density at radius 2 is 2.09 bits per heavy atom. The van der Waals surface area contributed by atoms with E-state index < -0.39 is 0 Å². The third-order valence-electron chi connectivity index (χ3n) is 4.79. The van der Waals surface area contributed by atoms with Crippen LogP contribution in [0.4, 0.5) is 5.69 Å². The quantitative estimate of drug-likeness (QED) is 0.830. The summed E-state index contributed by atoms with van der Waals surface area (Å²) in [5, 5.41) is 3.65. The van der Waals surface area contributed by atoms with Gasteiger partial charge in [0.1, 0.15) is 5.76 Å². The van der Waals surface area contributed by atoms with E-state index in [1.54, 1.807) is 7.11 Å². The molecule has 0 bridgehead atoms. The molecule has 22 heavy (non-hydrogen) atoms.